The topological polar surface area (TPSA) is 87.7 Å². The highest BCUT2D eigenvalue weighted by molar-refractivity contribution is 5.89. The minimum Gasteiger partial charge on any atom is -0.370 e. The molecular weight excluding hydrogens is 142 g/mol. The summed E-state index contributed by atoms with van der Waals surface area (Å²) in [5.41, 5.74) is 5.71. The van der Waals surface area contributed by atoms with Gasteiger partial charge in [-0.2, -0.15) is 0 Å². The monoisotopic (exact) mass is 151 g/mol. The van der Waals surface area contributed by atoms with Crippen LogP contribution < -0.4 is 11.1 Å². The summed E-state index contributed by atoms with van der Waals surface area (Å²) >= 11 is 0. The number of hydrogen-bond donors (Lipinski definition) is 3. The number of anilines is 1. The van der Waals surface area contributed by atoms with Crippen molar-refractivity contribution in [1.82, 2.24) is 9.97 Å². The Balaban J connectivity index is 2.74. The van der Waals surface area contributed by atoms with Crippen molar-refractivity contribution in [2.45, 2.75) is 6.92 Å². The minimum absolute atomic E-state index is 0.113. The van der Waals surface area contributed by atoms with Gasteiger partial charge in [0.05, 0.1) is 18.1 Å². The van der Waals surface area contributed by atoms with Gasteiger partial charge >= 0.3 is 0 Å². The van der Waals surface area contributed by atoms with E-state index in [1.807, 2.05) is 0 Å². The molecule has 0 amide bonds. The first kappa shape index (κ1) is 7.46. The third-order valence-electron chi connectivity index (χ3n) is 1.06. The summed E-state index contributed by atoms with van der Waals surface area (Å²) < 4.78 is 0. The van der Waals surface area contributed by atoms with E-state index in [2.05, 4.69) is 15.3 Å². The molecule has 11 heavy (non-hydrogen) atoms. The molecule has 58 valence electrons. The van der Waals surface area contributed by atoms with Crippen LogP contribution in [0.15, 0.2) is 12.4 Å². The molecule has 0 fully saturated rings. The van der Waals surface area contributed by atoms with Crippen LogP contribution in [0.1, 0.15) is 5.82 Å². The summed E-state index contributed by atoms with van der Waals surface area (Å²) in [6.07, 6.45) is 3.15. The number of nitrogens with two attached hydrogens (primary N) is 1. The number of nitrogens with zero attached hydrogens (tertiary/aromatic N) is 2. The van der Waals surface area contributed by atoms with Crippen molar-refractivity contribution in [2.75, 3.05) is 5.32 Å². The Bertz CT molecular complexity index is 252. The van der Waals surface area contributed by atoms with Crippen molar-refractivity contribution in [1.29, 1.82) is 5.41 Å². The fourth-order valence-corrected chi connectivity index (χ4v) is 0.613. The van der Waals surface area contributed by atoms with Crippen LogP contribution in [0, 0.1) is 12.3 Å². The van der Waals surface area contributed by atoms with Crippen LogP contribution in [0.5, 0.6) is 0 Å². The SMILES string of the molecule is Cc1ncc(NC(=N)N)cn1. The third kappa shape index (κ3) is 2.21. The first-order valence-corrected chi connectivity index (χ1v) is 3.08. The zero-order valence-corrected chi connectivity index (χ0v) is 6.13. The van der Waals surface area contributed by atoms with E-state index in [1.54, 1.807) is 19.3 Å². The van der Waals surface area contributed by atoms with E-state index in [0.717, 1.165) is 0 Å². The van der Waals surface area contributed by atoms with Crippen molar-refractivity contribution in [3.63, 3.8) is 0 Å². The average Bonchev–Trinajstić information content (AvgIpc) is 1.93. The van der Waals surface area contributed by atoms with Gasteiger partial charge in [-0.3, -0.25) is 5.41 Å². The molecule has 0 bridgehead atoms. The van der Waals surface area contributed by atoms with Crippen LogP contribution in [0.3, 0.4) is 0 Å². The Hall–Kier alpha value is -1.65. The number of aromatic nitrogens is 2. The second-order valence-electron chi connectivity index (χ2n) is 2.06. The lowest BCUT2D eigenvalue weighted by atomic mass is 10.5. The Labute approximate surface area is 64.2 Å². The van der Waals surface area contributed by atoms with Gasteiger partial charge in [-0.1, -0.05) is 0 Å². The molecule has 0 spiro atoms. The smallest absolute Gasteiger partial charge is 0.190 e. The molecular formula is C6H9N5. The number of hydrogen-bond acceptors (Lipinski definition) is 3. The largest absolute Gasteiger partial charge is 0.370 e. The molecule has 1 aromatic heterocycles. The number of nitrogens with one attached hydrogen (secondary N) is 2. The summed E-state index contributed by atoms with van der Waals surface area (Å²) in [4.78, 5) is 7.81. The predicted molar refractivity (Wildman–Crippen MR) is 42.3 cm³/mol. The van der Waals surface area contributed by atoms with E-state index < -0.39 is 0 Å². The fourth-order valence-electron chi connectivity index (χ4n) is 0.613. The highest BCUT2D eigenvalue weighted by atomic mass is 15.1. The van der Waals surface area contributed by atoms with Gasteiger partial charge in [-0.15, -0.1) is 0 Å². The van der Waals surface area contributed by atoms with Crippen molar-refractivity contribution in [3.05, 3.63) is 18.2 Å². The number of aryl methyl sites for hydroxylation is 1. The second-order valence-corrected chi connectivity index (χ2v) is 2.06. The lowest BCUT2D eigenvalue weighted by Gasteiger charge is -2.00. The lowest BCUT2D eigenvalue weighted by Crippen LogP contribution is -2.20. The molecule has 0 aromatic carbocycles. The average molecular weight is 151 g/mol. The Morgan fingerprint density at radius 3 is 2.55 bits per heavy atom. The van der Waals surface area contributed by atoms with E-state index in [9.17, 15) is 0 Å². The summed E-state index contributed by atoms with van der Waals surface area (Å²) in [5, 5.41) is 9.46. The van der Waals surface area contributed by atoms with Crippen LogP contribution in [0.25, 0.3) is 0 Å². The van der Waals surface area contributed by atoms with Crippen molar-refractivity contribution >= 4 is 11.6 Å². The van der Waals surface area contributed by atoms with Crippen LogP contribution in [0.4, 0.5) is 5.69 Å². The zero-order valence-electron chi connectivity index (χ0n) is 6.13. The highest BCUT2D eigenvalue weighted by Gasteiger charge is 1.92. The fraction of sp³-hybridized carbons (Fsp3) is 0.167. The summed E-state index contributed by atoms with van der Waals surface area (Å²) in [5.74, 6) is 0.580. The van der Waals surface area contributed by atoms with Gasteiger partial charge in [0.2, 0.25) is 0 Å². The molecule has 5 nitrogen and oxygen atoms in total. The van der Waals surface area contributed by atoms with E-state index in [4.69, 9.17) is 11.1 Å². The maximum atomic E-state index is 6.90. The van der Waals surface area contributed by atoms with E-state index >= 15 is 0 Å². The molecule has 0 atom stereocenters. The maximum Gasteiger partial charge on any atom is 0.190 e. The first-order chi connectivity index (χ1) is 5.18. The molecule has 0 aliphatic rings. The first-order valence-electron chi connectivity index (χ1n) is 3.08. The molecule has 0 unspecified atom stereocenters. The maximum absolute atomic E-state index is 6.90. The Morgan fingerprint density at radius 2 is 2.09 bits per heavy atom. The molecule has 1 rings (SSSR count). The van der Waals surface area contributed by atoms with Gasteiger partial charge in [0, 0.05) is 0 Å². The summed E-state index contributed by atoms with van der Waals surface area (Å²) in [7, 11) is 0. The highest BCUT2D eigenvalue weighted by Crippen LogP contribution is 2.00. The van der Waals surface area contributed by atoms with Crippen LogP contribution >= 0.6 is 0 Å². The van der Waals surface area contributed by atoms with Gasteiger partial charge in [0.25, 0.3) is 0 Å². The van der Waals surface area contributed by atoms with Crippen LogP contribution in [-0.4, -0.2) is 15.9 Å². The van der Waals surface area contributed by atoms with Crippen LogP contribution in [-0.2, 0) is 0 Å². The van der Waals surface area contributed by atoms with Gasteiger partial charge in [0.15, 0.2) is 5.96 Å². The van der Waals surface area contributed by atoms with E-state index in [0.29, 0.717) is 11.5 Å². The molecule has 0 radical (unpaired) electrons. The summed E-state index contributed by atoms with van der Waals surface area (Å²) in [6.45, 7) is 1.79. The molecule has 1 aromatic rings. The van der Waals surface area contributed by atoms with Crippen molar-refractivity contribution in [3.8, 4) is 0 Å². The Morgan fingerprint density at radius 1 is 1.55 bits per heavy atom. The number of guanidine groups is 1. The van der Waals surface area contributed by atoms with Gasteiger partial charge in [-0.05, 0) is 6.92 Å². The minimum atomic E-state index is -0.113. The predicted octanol–water partition coefficient (Wildman–Crippen LogP) is 0.0904. The van der Waals surface area contributed by atoms with E-state index in [1.165, 1.54) is 0 Å². The molecule has 0 aliphatic heterocycles. The van der Waals surface area contributed by atoms with Crippen LogP contribution in [0.2, 0.25) is 0 Å². The molecule has 0 aliphatic carbocycles. The zero-order chi connectivity index (χ0) is 8.27. The molecule has 4 N–H and O–H groups in total. The van der Waals surface area contributed by atoms with Gasteiger partial charge in [0.1, 0.15) is 5.82 Å². The standard InChI is InChI=1S/C6H9N5/c1-4-9-2-5(3-10-4)11-6(7)8/h2-3H,1H3,(H4,7,8,11). The van der Waals surface area contributed by atoms with Gasteiger partial charge < -0.3 is 11.1 Å². The lowest BCUT2D eigenvalue weighted by molar-refractivity contribution is 1.05. The Kier molecular flexibility index (Phi) is 2.00. The van der Waals surface area contributed by atoms with Crippen molar-refractivity contribution < 1.29 is 0 Å². The normalized spacial score (nSPS) is 9.18. The van der Waals surface area contributed by atoms with E-state index in [-0.39, 0.29) is 5.96 Å². The molecule has 0 saturated carbocycles. The molecule has 5 heteroatoms. The van der Waals surface area contributed by atoms with Gasteiger partial charge in [-0.25, -0.2) is 9.97 Å². The third-order valence-corrected chi connectivity index (χ3v) is 1.06. The molecule has 1 heterocycles. The molecule has 0 saturated heterocycles. The second kappa shape index (κ2) is 2.96. The van der Waals surface area contributed by atoms with Crippen molar-refractivity contribution in [2.24, 2.45) is 5.73 Å². The number of rotatable bonds is 1. The quantitative estimate of drug-likeness (QED) is 0.392. The summed E-state index contributed by atoms with van der Waals surface area (Å²) in [6, 6.07) is 0.